The van der Waals surface area contributed by atoms with E-state index in [4.69, 9.17) is 9.15 Å². The van der Waals surface area contributed by atoms with Crippen LogP contribution in [0.5, 0.6) is 11.5 Å². The second-order valence-electron chi connectivity index (χ2n) is 8.27. The fraction of sp³-hybridized carbons (Fsp3) is 0.333. The predicted octanol–water partition coefficient (Wildman–Crippen LogP) is 5.10. The number of furan rings is 1. The van der Waals surface area contributed by atoms with Crippen LogP contribution in [0.15, 0.2) is 40.8 Å². The molecule has 6 heteroatoms. The Bertz CT molecular complexity index is 1150. The molecule has 2 aromatic carbocycles. The number of rotatable bonds is 3. The first-order chi connectivity index (χ1) is 14.5. The van der Waals surface area contributed by atoms with Gasteiger partial charge in [-0.3, -0.25) is 9.59 Å². The minimum Gasteiger partial charge on any atom is -0.502 e. The summed E-state index contributed by atoms with van der Waals surface area (Å²) in [6, 6.07) is 10.8. The van der Waals surface area contributed by atoms with Crippen molar-refractivity contribution >= 4 is 22.7 Å². The molecule has 154 valence electrons. The summed E-state index contributed by atoms with van der Waals surface area (Å²) in [6.07, 6.45) is 4.67. The number of ether oxygens (including phenoxy) is 1. The smallest absolute Gasteiger partial charge is 0.307 e. The average Bonchev–Trinajstić information content (AvgIpc) is 3.08. The van der Waals surface area contributed by atoms with Crippen molar-refractivity contribution in [3.8, 4) is 22.8 Å². The van der Waals surface area contributed by atoms with E-state index in [1.165, 1.54) is 0 Å². The zero-order chi connectivity index (χ0) is 20.9. The summed E-state index contributed by atoms with van der Waals surface area (Å²) < 4.78 is 12.2. The summed E-state index contributed by atoms with van der Waals surface area (Å²) in [6.45, 7) is 0. The van der Waals surface area contributed by atoms with Crippen LogP contribution in [0, 0.1) is 0 Å². The van der Waals surface area contributed by atoms with Crippen molar-refractivity contribution in [3.63, 3.8) is 0 Å². The van der Waals surface area contributed by atoms with Crippen molar-refractivity contribution in [2.24, 2.45) is 0 Å². The standard InChI is InChI=1S/C24H22O6/c25-18-13-24(9-5-2-6-10-24)30-23-17(18)11-15-16(12-19(26)27)21(29-22(15)20(23)28)14-7-3-1-4-8-14/h1,3-4,7-8,11,28H,2,5-6,9-10,12-13H2,(H,26,27). The van der Waals surface area contributed by atoms with E-state index in [0.717, 1.165) is 32.1 Å². The maximum absolute atomic E-state index is 13.0. The molecule has 1 fully saturated rings. The number of aromatic hydroxyl groups is 1. The SMILES string of the molecule is O=C(O)Cc1c(-c2ccccc2)oc2c(O)c3c(cc12)C(=O)CC1(CCCCC1)O3. The number of carbonyl (C=O) groups is 2. The zero-order valence-corrected chi connectivity index (χ0v) is 16.4. The van der Waals surface area contributed by atoms with Crippen LogP contribution < -0.4 is 4.74 Å². The number of aliphatic carboxylic acids is 1. The second-order valence-corrected chi connectivity index (χ2v) is 8.27. The van der Waals surface area contributed by atoms with Gasteiger partial charge in [0.05, 0.1) is 18.4 Å². The fourth-order valence-corrected chi connectivity index (χ4v) is 4.82. The summed E-state index contributed by atoms with van der Waals surface area (Å²) in [5, 5.41) is 20.9. The quantitative estimate of drug-likeness (QED) is 0.628. The van der Waals surface area contributed by atoms with E-state index < -0.39 is 11.6 Å². The third-order valence-electron chi connectivity index (χ3n) is 6.24. The lowest BCUT2D eigenvalue weighted by Gasteiger charge is -2.40. The lowest BCUT2D eigenvalue weighted by molar-refractivity contribution is -0.136. The van der Waals surface area contributed by atoms with Gasteiger partial charge in [-0.1, -0.05) is 36.8 Å². The van der Waals surface area contributed by atoms with E-state index in [-0.39, 0.29) is 35.7 Å². The molecule has 0 amide bonds. The molecule has 0 atom stereocenters. The van der Waals surface area contributed by atoms with Gasteiger partial charge in [-0.15, -0.1) is 0 Å². The number of Topliss-reactive ketones (excluding diaryl/α,β-unsaturated/α-hetero) is 1. The van der Waals surface area contributed by atoms with Crippen LogP contribution in [-0.2, 0) is 11.2 Å². The molecule has 5 rings (SSSR count). The van der Waals surface area contributed by atoms with E-state index in [9.17, 15) is 19.8 Å². The van der Waals surface area contributed by atoms with Gasteiger partial charge in [-0.2, -0.15) is 0 Å². The van der Waals surface area contributed by atoms with Crippen LogP contribution in [0.3, 0.4) is 0 Å². The first-order valence-electron chi connectivity index (χ1n) is 10.3. The molecular formula is C24H22O6. The van der Waals surface area contributed by atoms with Crippen LogP contribution in [0.25, 0.3) is 22.3 Å². The first kappa shape index (κ1) is 18.7. The molecule has 1 aromatic heterocycles. The minimum atomic E-state index is -1.02. The molecule has 2 aliphatic rings. The average molecular weight is 406 g/mol. The van der Waals surface area contributed by atoms with Gasteiger partial charge in [0.15, 0.2) is 17.1 Å². The number of benzene rings is 2. The van der Waals surface area contributed by atoms with E-state index in [2.05, 4.69) is 0 Å². The van der Waals surface area contributed by atoms with Gasteiger partial charge >= 0.3 is 5.97 Å². The van der Waals surface area contributed by atoms with Gasteiger partial charge in [0.25, 0.3) is 0 Å². The first-order valence-corrected chi connectivity index (χ1v) is 10.3. The summed E-state index contributed by atoms with van der Waals surface area (Å²) in [5.41, 5.74) is 1.03. The molecule has 6 nitrogen and oxygen atoms in total. The van der Waals surface area contributed by atoms with E-state index in [1.807, 2.05) is 30.3 Å². The normalized spacial score (nSPS) is 17.7. The van der Waals surface area contributed by atoms with Crippen molar-refractivity contribution in [1.82, 2.24) is 0 Å². The maximum atomic E-state index is 13.0. The minimum absolute atomic E-state index is 0.0842. The van der Waals surface area contributed by atoms with Crippen molar-refractivity contribution in [2.45, 2.75) is 50.5 Å². The van der Waals surface area contributed by atoms with Crippen LogP contribution in [0.2, 0.25) is 0 Å². The van der Waals surface area contributed by atoms with Crippen molar-refractivity contribution in [2.75, 3.05) is 0 Å². The molecule has 2 N–H and O–H groups in total. The van der Waals surface area contributed by atoms with E-state index >= 15 is 0 Å². The third-order valence-corrected chi connectivity index (χ3v) is 6.24. The number of carboxylic acids is 1. The number of ketones is 1. The van der Waals surface area contributed by atoms with E-state index in [0.29, 0.717) is 27.8 Å². The van der Waals surface area contributed by atoms with E-state index in [1.54, 1.807) is 6.07 Å². The topological polar surface area (TPSA) is 97.0 Å². The molecule has 1 spiro atoms. The number of phenolic OH excluding ortho intramolecular Hbond substituents is 1. The van der Waals surface area contributed by atoms with Crippen LogP contribution in [-0.4, -0.2) is 27.6 Å². The molecule has 1 aliphatic heterocycles. The Morgan fingerprint density at radius 1 is 1.10 bits per heavy atom. The second kappa shape index (κ2) is 6.90. The largest absolute Gasteiger partial charge is 0.502 e. The number of carbonyl (C=O) groups excluding carboxylic acids is 1. The lowest BCUT2D eigenvalue weighted by atomic mass is 9.78. The monoisotopic (exact) mass is 406 g/mol. The molecule has 3 aromatic rings. The summed E-state index contributed by atoms with van der Waals surface area (Å²) >= 11 is 0. The molecule has 30 heavy (non-hydrogen) atoms. The van der Waals surface area contributed by atoms with Gasteiger partial charge in [0, 0.05) is 16.5 Å². The van der Waals surface area contributed by atoms with Crippen LogP contribution in [0.4, 0.5) is 0 Å². The highest BCUT2D eigenvalue weighted by atomic mass is 16.5. The Kier molecular flexibility index (Phi) is 4.31. The van der Waals surface area contributed by atoms with Crippen molar-refractivity contribution < 1.29 is 29.0 Å². The lowest BCUT2D eigenvalue weighted by Crippen LogP contribution is -2.43. The predicted molar refractivity (Wildman–Crippen MR) is 110 cm³/mol. The molecule has 2 heterocycles. The van der Waals surface area contributed by atoms with Gasteiger partial charge < -0.3 is 19.4 Å². The van der Waals surface area contributed by atoms with Crippen LogP contribution in [0.1, 0.15) is 54.4 Å². The molecule has 0 saturated heterocycles. The molecule has 1 saturated carbocycles. The summed E-state index contributed by atoms with van der Waals surface area (Å²) in [7, 11) is 0. The Balaban J connectivity index is 1.72. The molecular weight excluding hydrogens is 384 g/mol. The third kappa shape index (κ3) is 2.95. The zero-order valence-electron chi connectivity index (χ0n) is 16.4. The van der Waals surface area contributed by atoms with Gasteiger partial charge in [-0.05, 0) is 31.7 Å². The fourth-order valence-electron chi connectivity index (χ4n) is 4.82. The number of fused-ring (bicyclic) bond motifs is 2. The van der Waals surface area contributed by atoms with Gasteiger partial charge in [0.1, 0.15) is 11.4 Å². The van der Waals surface area contributed by atoms with Gasteiger partial charge in [-0.25, -0.2) is 0 Å². The molecule has 0 radical (unpaired) electrons. The summed E-state index contributed by atoms with van der Waals surface area (Å²) in [4.78, 5) is 24.6. The maximum Gasteiger partial charge on any atom is 0.307 e. The Morgan fingerprint density at radius 3 is 2.53 bits per heavy atom. The number of hydrogen-bond donors (Lipinski definition) is 2. The summed E-state index contributed by atoms with van der Waals surface area (Å²) in [5.74, 6) is -0.786. The molecule has 0 unspecified atom stereocenters. The Labute approximate surface area is 173 Å². The number of phenols is 1. The van der Waals surface area contributed by atoms with Crippen LogP contribution >= 0.6 is 0 Å². The molecule has 1 aliphatic carbocycles. The highest BCUT2D eigenvalue weighted by Crippen LogP contribution is 2.50. The van der Waals surface area contributed by atoms with Crippen molar-refractivity contribution in [1.29, 1.82) is 0 Å². The Morgan fingerprint density at radius 2 is 1.83 bits per heavy atom. The molecule has 0 bridgehead atoms. The highest BCUT2D eigenvalue weighted by molar-refractivity contribution is 6.07. The van der Waals surface area contributed by atoms with Gasteiger partial charge in [0.2, 0.25) is 5.75 Å². The number of carboxylic acid groups (broad SMARTS) is 1. The highest BCUT2D eigenvalue weighted by Gasteiger charge is 2.43. The Hall–Kier alpha value is -3.28. The van der Waals surface area contributed by atoms with Crippen molar-refractivity contribution in [3.05, 3.63) is 47.5 Å². The number of hydrogen-bond acceptors (Lipinski definition) is 5.